The zero-order valence-electron chi connectivity index (χ0n) is 12.2. The molecule has 2 aromatic heterocycles. The number of hydrogen-bond acceptors (Lipinski definition) is 7. The quantitative estimate of drug-likeness (QED) is 0.242. The van der Waals surface area contributed by atoms with Crippen molar-refractivity contribution in [3.63, 3.8) is 0 Å². The van der Waals surface area contributed by atoms with Gasteiger partial charge in [0.1, 0.15) is 11.9 Å². The number of anilines is 1. The van der Waals surface area contributed by atoms with Crippen molar-refractivity contribution in [1.82, 2.24) is 19.5 Å². The third-order valence-electron chi connectivity index (χ3n) is 2.69. The molecule has 0 radical (unpaired) electrons. The van der Waals surface area contributed by atoms with Gasteiger partial charge in [0.25, 0.3) is 0 Å². The molecular weight excluding hydrogens is 327 g/mol. The van der Waals surface area contributed by atoms with E-state index in [1.54, 1.807) is 11.5 Å². The van der Waals surface area contributed by atoms with Gasteiger partial charge in [-0.3, -0.25) is 4.57 Å². The third kappa shape index (κ3) is 4.60. The number of rotatable bonds is 6. The Bertz CT molecular complexity index is 781. The minimum Gasteiger partial charge on any atom is -0.370 e. The number of imidazole rings is 1. The van der Waals surface area contributed by atoms with Crippen LogP contribution in [0.4, 0.5) is 11.8 Å². The predicted octanol–water partition coefficient (Wildman–Crippen LogP) is -1.15. The van der Waals surface area contributed by atoms with Crippen LogP contribution in [0.2, 0.25) is 0 Å². The molecule has 0 bridgehead atoms. The summed E-state index contributed by atoms with van der Waals surface area (Å²) < 4.78 is 17.6. The number of nitrogen functional groups attached to an aromatic ring is 1. The van der Waals surface area contributed by atoms with Crippen LogP contribution < -0.4 is 17.2 Å². The maximum Gasteiger partial charge on any atom is 0.350 e. The summed E-state index contributed by atoms with van der Waals surface area (Å²) in [6.07, 6.45) is 0.275. The highest BCUT2D eigenvalue weighted by atomic mass is 31.2. The number of ether oxygens (including phenoxy) is 1. The second kappa shape index (κ2) is 6.46. The van der Waals surface area contributed by atoms with Gasteiger partial charge in [0.15, 0.2) is 17.4 Å². The molecule has 1 atom stereocenters. The Morgan fingerprint density at radius 2 is 2.17 bits per heavy atom. The summed E-state index contributed by atoms with van der Waals surface area (Å²) in [5.74, 6) is -0.0938. The molecule has 8 N–H and O–H groups in total. The molecule has 2 heterocycles. The molecule has 0 unspecified atom stereocenters. The standard InChI is InChI=1S/C10H17N8O4P/c1-5(22-4-23(19,20)21)2-18-3-14-7-6(18)8(15-9(11)12)17-10(13)16-7/h3,5H,2,4H2,1H3,(H2,19,20,21)(H6,11,12,13,15,16,17)/t5-/m0/s1. The first-order valence-electron chi connectivity index (χ1n) is 6.40. The van der Waals surface area contributed by atoms with Crippen molar-refractivity contribution in [2.24, 2.45) is 16.5 Å². The van der Waals surface area contributed by atoms with Crippen molar-refractivity contribution in [3.05, 3.63) is 6.33 Å². The van der Waals surface area contributed by atoms with E-state index in [4.69, 9.17) is 31.7 Å². The smallest absolute Gasteiger partial charge is 0.350 e. The summed E-state index contributed by atoms with van der Waals surface area (Å²) in [4.78, 5) is 33.6. The highest BCUT2D eigenvalue weighted by Crippen LogP contribution is 2.34. The fraction of sp³-hybridized carbons (Fsp3) is 0.400. The molecule has 0 aromatic carbocycles. The van der Waals surface area contributed by atoms with Crippen molar-refractivity contribution in [3.8, 4) is 0 Å². The van der Waals surface area contributed by atoms with Crippen molar-refractivity contribution in [1.29, 1.82) is 0 Å². The van der Waals surface area contributed by atoms with Gasteiger partial charge >= 0.3 is 7.60 Å². The van der Waals surface area contributed by atoms with Gasteiger partial charge in [-0.1, -0.05) is 0 Å². The van der Waals surface area contributed by atoms with Gasteiger partial charge in [0.2, 0.25) is 5.95 Å². The van der Waals surface area contributed by atoms with Crippen LogP contribution in [-0.4, -0.2) is 47.7 Å². The Morgan fingerprint density at radius 1 is 1.48 bits per heavy atom. The first-order valence-corrected chi connectivity index (χ1v) is 8.19. The number of hydrogen-bond donors (Lipinski definition) is 5. The Balaban J connectivity index is 2.31. The van der Waals surface area contributed by atoms with Crippen LogP contribution in [0.15, 0.2) is 11.3 Å². The van der Waals surface area contributed by atoms with E-state index in [-0.39, 0.29) is 24.3 Å². The number of nitrogens with zero attached hydrogens (tertiary/aromatic N) is 5. The van der Waals surface area contributed by atoms with Gasteiger partial charge in [-0.05, 0) is 6.92 Å². The maximum atomic E-state index is 10.8. The minimum absolute atomic E-state index is 0.0338. The van der Waals surface area contributed by atoms with E-state index in [9.17, 15) is 4.57 Å². The fourth-order valence-electron chi connectivity index (χ4n) is 1.87. The predicted molar refractivity (Wildman–Crippen MR) is 82.7 cm³/mol. The van der Waals surface area contributed by atoms with E-state index in [1.165, 1.54) is 6.33 Å². The van der Waals surface area contributed by atoms with Crippen LogP contribution in [-0.2, 0) is 15.8 Å². The molecule has 0 aliphatic rings. The maximum absolute atomic E-state index is 10.8. The molecule has 2 rings (SSSR count). The number of guanidine groups is 1. The van der Waals surface area contributed by atoms with Gasteiger partial charge in [-0.15, -0.1) is 0 Å². The second-order valence-electron chi connectivity index (χ2n) is 4.78. The van der Waals surface area contributed by atoms with Crippen molar-refractivity contribution in [2.45, 2.75) is 19.6 Å². The van der Waals surface area contributed by atoms with Crippen LogP contribution in [0.5, 0.6) is 0 Å². The first-order chi connectivity index (χ1) is 10.7. The van der Waals surface area contributed by atoms with Gasteiger partial charge in [0.05, 0.1) is 19.0 Å². The van der Waals surface area contributed by atoms with E-state index >= 15 is 0 Å². The zero-order chi connectivity index (χ0) is 17.2. The summed E-state index contributed by atoms with van der Waals surface area (Å²) in [7, 11) is -4.24. The Morgan fingerprint density at radius 3 is 2.78 bits per heavy atom. The van der Waals surface area contributed by atoms with Crippen LogP contribution in [0.3, 0.4) is 0 Å². The lowest BCUT2D eigenvalue weighted by molar-refractivity contribution is 0.0765. The molecule has 13 heteroatoms. The van der Waals surface area contributed by atoms with E-state index in [0.717, 1.165) is 0 Å². The van der Waals surface area contributed by atoms with Crippen LogP contribution in [0.1, 0.15) is 6.92 Å². The molecule has 2 aromatic rings. The molecule has 0 saturated carbocycles. The van der Waals surface area contributed by atoms with E-state index in [1.807, 2.05) is 0 Å². The summed E-state index contributed by atoms with van der Waals surface area (Å²) in [6, 6.07) is 0. The van der Waals surface area contributed by atoms with E-state index in [2.05, 4.69) is 19.9 Å². The van der Waals surface area contributed by atoms with Gasteiger partial charge < -0.3 is 36.3 Å². The minimum atomic E-state index is -4.24. The summed E-state index contributed by atoms with van der Waals surface area (Å²) in [5.41, 5.74) is 17.0. The summed E-state index contributed by atoms with van der Waals surface area (Å²) in [6.45, 7) is 1.89. The van der Waals surface area contributed by atoms with Gasteiger partial charge in [-0.2, -0.15) is 15.0 Å². The number of fused-ring (bicyclic) bond motifs is 1. The van der Waals surface area contributed by atoms with Gasteiger partial charge in [-0.25, -0.2) is 4.98 Å². The summed E-state index contributed by atoms with van der Waals surface area (Å²) >= 11 is 0. The molecule has 0 saturated heterocycles. The van der Waals surface area contributed by atoms with Crippen LogP contribution >= 0.6 is 7.60 Å². The molecule has 12 nitrogen and oxygen atoms in total. The third-order valence-corrected chi connectivity index (χ3v) is 3.17. The Labute approximate surface area is 130 Å². The molecule has 126 valence electrons. The lowest BCUT2D eigenvalue weighted by Crippen LogP contribution is -2.22. The lowest BCUT2D eigenvalue weighted by atomic mass is 10.4. The van der Waals surface area contributed by atoms with E-state index in [0.29, 0.717) is 11.2 Å². The van der Waals surface area contributed by atoms with Crippen LogP contribution in [0.25, 0.3) is 11.2 Å². The van der Waals surface area contributed by atoms with Crippen molar-refractivity contribution >= 4 is 36.5 Å². The average Bonchev–Trinajstić information content (AvgIpc) is 2.78. The molecule has 0 spiro atoms. The SMILES string of the molecule is C[C@@H](Cn1cnc2nc(N)nc(N=C(N)N)c21)OCP(=O)(O)O. The molecule has 0 fully saturated rings. The lowest BCUT2D eigenvalue weighted by Gasteiger charge is -2.15. The fourth-order valence-corrected chi connectivity index (χ4v) is 2.32. The van der Waals surface area contributed by atoms with Crippen molar-refractivity contribution in [2.75, 3.05) is 12.1 Å². The Kier molecular flexibility index (Phi) is 4.80. The molecule has 0 amide bonds. The van der Waals surface area contributed by atoms with Gasteiger partial charge in [0, 0.05) is 0 Å². The average molecular weight is 344 g/mol. The molecule has 23 heavy (non-hydrogen) atoms. The second-order valence-corrected chi connectivity index (χ2v) is 6.37. The monoisotopic (exact) mass is 344 g/mol. The van der Waals surface area contributed by atoms with Crippen molar-refractivity contribution < 1.29 is 19.1 Å². The number of aromatic nitrogens is 4. The zero-order valence-corrected chi connectivity index (χ0v) is 13.1. The highest BCUT2D eigenvalue weighted by molar-refractivity contribution is 7.51. The molecular formula is C10H17N8O4P. The number of aliphatic imine (C=N–C) groups is 1. The van der Waals surface area contributed by atoms with E-state index < -0.39 is 20.0 Å². The topological polar surface area (TPSA) is 201 Å². The van der Waals surface area contributed by atoms with Crippen LogP contribution in [0, 0.1) is 0 Å². The molecule has 0 aliphatic heterocycles. The first kappa shape index (κ1) is 17.1. The Hall–Kier alpha value is -2.27. The number of nitrogens with two attached hydrogens (primary N) is 3. The normalized spacial score (nSPS) is 13.2. The largest absolute Gasteiger partial charge is 0.370 e. The highest BCUT2D eigenvalue weighted by Gasteiger charge is 2.18. The molecule has 0 aliphatic carbocycles. The summed E-state index contributed by atoms with van der Waals surface area (Å²) in [5, 5.41) is 0.